The van der Waals surface area contributed by atoms with Crippen molar-refractivity contribution in [3.05, 3.63) is 34.9 Å². The lowest BCUT2D eigenvalue weighted by Crippen LogP contribution is -2.48. The van der Waals surface area contributed by atoms with E-state index in [1.807, 2.05) is 29.2 Å². The molecule has 0 spiro atoms. The number of hydrogen-bond donors (Lipinski definition) is 1. The summed E-state index contributed by atoms with van der Waals surface area (Å²) < 4.78 is 0. The molecule has 0 radical (unpaired) electrons. The summed E-state index contributed by atoms with van der Waals surface area (Å²) in [6.07, 6.45) is 0. The highest BCUT2D eigenvalue weighted by Gasteiger charge is 2.29. The van der Waals surface area contributed by atoms with Crippen LogP contribution in [-0.2, 0) is 4.79 Å². The van der Waals surface area contributed by atoms with Crippen LogP contribution >= 0.6 is 11.6 Å². The van der Waals surface area contributed by atoms with Crippen molar-refractivity contribution in [1.29, 1.82) is 0 Å². The first-order valence-electron chi connectivity index (χ1n) is 6.84. The van der Waals surface area contributed by atoms with E-state index in [-0.39, 0.29) is 17.7 Å². The second-order valence-electron chi connectivity index (χ2n) is 5.35. The van der Waals surface area contributed by atoms with Gasteiger partial charge in [0, 0.05) is 31.2 Å². The van der Waals surface area contributed by atoms with Crippen molar-refractivity contribution >= 4 is 17.5 Å². The summed E-state index contributed by atoms with van der Waals surface area (Å²) in [5.74, 6) is 0.386. The number of benzene rings is 1. The number of nitrogens with one attached hydrogen (secondary N) is 1. The molecule has 1 atom stereocenters. The van der Waals surface area contributed by atoms with Gasteiger partial charge in [-0.05, 0) is 23.6 Å². The molecule has 3 nitrogen and oxygen atoms in total. The van der Waals surface area contributed by atoms with Gasteiger partial charge in [0.05, 0.1) is 5.92 Å². The van der Waals surface area contributed by atoms with E-state index in [1.165, 1.54) is 0 Å². The van der Waals surface area contributed by atoms with E-state index < -0.39 is 0 Å². The van der Waals surface area contributed by atoms with Crippen molar-refractivity contribution in [3.8, 4) is 0 Å². The molecule has 0 aromatic heterocycles. The van der Waals surface area contributed by atoms with Crippen molar-refractivity contribution < 1.29 is 4.79 Å². The summed E-state index contributed by atoms with van der Waals surface area (Å²) in [5.41, 5.74) is 1.02. The van der Waals surface area contributed by atoms with Crippen molar-refractivity contribution in [1.82, 2.24) is 10.2 Å². The van der Waals surface area contributed by atoms with Crippen LogP contribution in [0.5, 0.6) is 0 Å². The van der Waals surface area contributed by atoms with E-state index in [0.29, 0.717) is 5.02 Å². The number of nitrogens with zero attached hydrogens (tertiary/aromatic N) is 1. The van der Waals surface area contributed by atoms with Gasteiger partial charge in [-0.1, -0.05) is 37.6 Å². The Hall–Kier alpha value is -1.06. The monoisotopic (exact) mass is 280 g/mol. The zero-order valence-electron chi connectivity index (χ0n) is 11.5. The molecule has 19 heavy (non-hydrogen) atoms. The smallest absolute Gasteiger partial charge is 0.230 e. The van der Waals surface area contributed by atoms with Crippen LogP contribution in [0.2, 0.25) is 5.02 Å². The Morgan fingerprint density at radius 3 is 2.58 bits per heavy atom. The Morgan fingerprint density at radius 2 is 2.00 bits per heavy atom. The molecule has 1 saturated heterocycles. The second-order valence-corrected chi connectivity index (χ2v) is 5.79. The summed E-state index contributed by atoms with van der Waals surface area (Å²) >= 11 is 6.05. The van der Waals surface area contributed by atoms with E-state index in [2.05, 4.69) is 19.2 Å². The minimum Gasteiger partial charge on any atom is -0.340 e. The lowest BCUT2D eigenvalue weighted by Gasteiger charge is -2.32. The molecule has 0 aliphatic carbocycles. The van der Waals surface area contributed by atoms with Crippen molar-refractivity contribution in [2.45, 2.75) is 19.8 Å². The fraction of sp³-hybridized carbons (Fsp3) is 0.533. The molecule has 1 amide bonds. The van der Waals surface area contributed by atoms with Gasteiger partial charge in [0.2, 0.25) is 5.91 Å². The fourth-order valence-electron chi connectivity index (χ4n) is 2.59. The maximum Gasteiger partial charge on any atom is 0.230 e. The molecule has 0 saturated carbocycles. The molecule has 1 fully saturated rings. The third-order valence-electron chi connectivity index (χ3n) is 3.57. The highest BCUT2D eigenvalue weighted by atomic mass is 35.5. The lowest BCUT2D eigenvalue weighted by molar-refractivity contribution is -0.134. The molecule has 1 N–H and O–H groups in total. The van der Waals surface area contributed by atoms with Crippen LogP contribution in [0.4, 0.5) is 0 Å². The number of amides is 1. The van der Waals surface area contributed by atoms with Gasteiger partial charge in [-0.25, -0.2) is 0 Å². The molecular formula is C15H21ClN2O. The lowest BCUT2D eigenvalue weighted by atomic mass is 9.87. The topological polar surface area (TPSA) is 32.3 Å². The van der Waals surface area contributed by atoms with Gasteiger partial charge in [0.25, 0.3) is 0 Å². The number of carbonyl (C=O) groups is 1. The van der Waals surface area contributed by atoms with Crippen LogP contribution in [0.15, 0.2) is 24.3 Å². The fourth-order valence-corrected chi connectivity index (χ4v) is 2.79. The summed E-state index contributed by atoms with van der Waals surface area (Å²) in [6.45, 7) is 7.53. The van der Waals surface area contributed by atoms with Gasteiger partial charge >= 0.3 is 0 Å². The molecular weight excluding hydrogens is 260 g/mol. The van der Waals surface area contributed by atoms with Gasteiger partial charge in [0.1, 0.15) is 0 Å². The van der Waals surface area contributed by atoms with E-state index in [0.717, 1.165) is 31.7 Å². The highest BCUT2D eigenvalue weighted by Crippen LogP contribution is 2.28. The maximum atomic E-state index is 12.7. The van der Waals surface area contributed by atoms with Crippen LogP contribution in [0, 0.1) is 5.92 Å². The third kappa shape index (κ3) is 3.48. The molecule has 4 heteroatoms. The average Bonchev–Trinajstić information content (AvgIpc) is 2.39. The largest absolute Gasteiger partial charge is 0.340 e. The summed E-state index contributed by atoms with van der Waals surface area (Å²) in [7, 11) is 0. The molecule has 104 valence electrons. The molecule has 2 rings (SSSR count). The Morgan fingerprint density at radius 1 is 1.32 bits per heavy atom. The SMILES string of the molecule is CC(C)C(C(=O)N1CCNCC1)c1cccc(Cl)c1. The zero-order valence-corrected chi connectivity index (χ0v) is 12.3. The predicted molar refractivity (Wildman–Crippen MR) is 78.5 cm³/mol. The van der Waals surface area contributed by atoms with Crippen LogP contribution in [0.1, 0.15) is 25.3 Å². The van der Waals surface area contributed by atoms with Crippen LogP contribution in [-0.4, -0.2) is 37.0 Å². The van der Waals surface area contributed by atoms with E-state index in [9.17, 15) is 4.79 Å². The Bertz CT molecular complexity index is 442. The number of hydrogen-bond acceptors (Lipinski definition) is 2. The van der Waals surface area contributed by atoms with Crippen molar-refractivity contribution in [2.24, 2.45) is 5.92 Å². The first-order valence-corrected chi connectivity index (χ1v) is 7.22. The molecule has 1 aromatic rings. The highest BCUT2D eigenvalue weighted by molar-refractivity contribution is 6.30. The summed E-state index contributed by atoms with van der Waals surface area (Å²) in [6, 6.07) is 7.67. The maximum absolute atomic E-state index is 12.7. The standard InChI is InChI=1S/C15H21ClN2O/c1-11(2)14(12-4-3-5-13(16)10-12)15(19)18-8-6-17-7-9-18/h3-5,10-11,14,17H,6-9H2,1-2H3. The van der Waals surface area contributed by atoms with Gasteiger partial charge < -0.3 is 10.2 Å². The van der Waals surface area contributed by atoms with Crippen molar-refractivity contribution in [3.63, 3.8) is 0 Å². The normalized spacial score (nSPS) is 17.6. The van der Waals surface area contributed by atoms with Gasteiger partial charge in [-0.2, -0.15) is 0 Å². The van der Waals surface area contributed by atoms with Crippen LogP contribution in [0.3, 0.4) is 0 Å². The van der Waals surface area contributed by atoms with E-state index in [1.54, 1.807) is 0 Å². The first-order chi connectivity index (χ1) is 9.09. The Balaban J connectivity index is 2.22. The average molecular weight is 281 g/mol. The summed E-state index contributed by atoms with van der Waals surface area (Å²) in [5, 5.41) is 3.96. The third-order valence-corrected chi connectivity index (χ3v) is 3.80. The second kappa shape index (κ2) is 6.40. The summed E-state index contributed by atoms with van der Waals surface area (Å²) in [4.78, 5) is 14.7. The van der Waals surface area contributed by atoms with Gasteiger partial charge in [-0.15, -0.1) is 0 Å². The minimum atomic E-state index is -0.100. The number of halogens is 1. The quantitative estimate of drug-likeness (QED) is 0.923. The molecule has 1 unspecified atom stereocenters. The zero-order chi connectivity index (χ0) is 13.8. The van der Waals surface area contributed by atoms with Gasteiger partial charge in [0.15, 0.2) is 0 Å². The Labute approximate surface area is 119 Å². The molecule has 1 aliphatic rings. The molecule has 0 bridgehead atoms. The molecule has 1 aromatic carbocycles. The molecule has 1 aliphatic heterocycles. The number of carbonyl (C=O) groups excluding carboxylic acids is 1. The predicted octanol–water partition coefficient (Wildman–Crippen LogP) is 2.51. The number of rotatable bonds is 3. The van der Waals surface area contributed by atoms with Crippen molar-refractivity contribution in [2.75, 3.05) is 26.2 Å². The van der Waals surface area contributed by atoms with Crippen LogP contribution < -0.4 is 5.32 Å². The first kappa shape index (κ1) is 14.4. The van der Waals surface area contributed by atoms with E-state index >= 15 is 0 Å². The minimum absolute atomic E-state index is 0.100. The van der Waals surface area contributed by atoms with Crippen LogP contribution in [0.25, 0.3) is 0 Å². The Kier molecular flexibility index (Phi) is 4.83. The van der Waals surface area contributed by atoms with Gasteiger partial charge in [-0.3, -0.25) is 4.79 Å². The number of piperazine rings is 1. The van der Waals surface area contributed by atoms with E-state index in [4.69, 9.17) is 11.6 Å². The molecule has 1 heterocycles.